The van der Waals surface area contributed by atoms with Crippen molar-refractivity contribution < 1.29 is 24.5 Å². The molecular formula is C26H24N2O5. The molecule has 7 nitrogen and oxygen atoms in total. The Balaban J connectivity index is 1.93. The van der Waals surface area contributed by atoms with Crippen molar-refractivity contribution in [3.63, 3.8) is 0 Å². The highest BCUT2D eigenvalue weighted by molar-refractivity contribution is 6.46. The summed E-state index contributed by atoms with van der Waals surface area (Å²) in [5.41, 5.74) is 3.44. The molecule has 1 atom stereocenters. The lowest BCUT2D eigenvalue weighted by Crippen LogP contribution is -2.29. The molecule has 1 unspecified atom stereocenters. The van der Waals surface area contributed by atoms with Crippen LogP contribution in [-0.2, 0) is 16.1 Å². The van der Waals surface area contributed by atoms with Crippen LogP contribution in [0.3, 0.4) is 0 Å². The van der Waals surface area contributed by atoms with E-state index in [2.05, 4.69) is 4.98 Å². The van der Waals surface area contributed by atoms with Crippen LogP contribution in [0.15, 0.2) is 66.5 Å². The number of hydrogen-bond acceptors (Lipinski definition) is 6. The number of aromatic nitrogens is 1. The number of ether oxygens (including phenoxy) is 1. The average molecular weight is 444 g/mol. The zero-order chi connectivity index (χ0) is 23.7. The first-order chi connectivity index (χ1) is 15.8. The minimum absolute atomic E-state index is 0.00895. The van der Waals surface area contributed by atoms with Gasteiger partial charge in [0.2, 0.25) is 0 Å². The molecule has 33 heavy (non-hydrogen) atoms. The number of aromatic hydroxyl groups is 1. The van der Waals surface area contributed by atoms with E-state index < -0.39 is 17.7 Å². The second-order valence-electron chi connectivity index (χ2n) is 8.04. The van der Waals surface area contributed by atoms with Crippen molar-refractivity contribution in [2.45, 2.75) is 26.4 Å². The molecule has 3 aromatic rings. The maximum Gasteiger partial charge on any atom is 0.295 e. The summed E-state index contributed by atoms with van der Waals surface area (Å²) >= 11 is 0. The molecule has 7 heteroatoms. The van der Waals surface area contributed by atoms with Gasteiger partial charge in [0.1, 0.15) is 5.76 Å². The average Bonchev–Trinajstić information content (AvgIpc) is 3.06. The van der Waals surface area contributed by atoms with Crippen molar-refractivity contribution in [3.05, 3.63) is 94.3 Å². The molecule has 0 radical (unpaired) electrons. The number of aliphatic hydroxyl groups excluding tert-OH is 1. The molecule has 2 aromatic carbocycles. The highest BCUT2D eigenvalue weighted by atomic mass is 16.5. The van der Waals surface area contributed by atoms with E-state index in [0.717, 1.165) is 16.7 Å². The van der Waals surface area contributed by atoms with E-state index in [1.165, 1.54) is 18.1 Å². The second kappa shape index (κ2) is 8.78. The second-order valence-corrected chi connectivity index (χ2v) is 8.04. The molecule has 4 rings (SSSR count). The van der Waals surface area contributed by atoms with Crippen LogP contribution in [0, 0.1) is 13.8 Å². The third-order valence-corrected chi connectivity index (χ3v) is 5.78. The molecule has 0 saturated carbocycles. The molecule has 0 bridgehead atoms. The van der Waals surface area contributed by atoms with Gasteiger partial charge in [-0.1, -0.05) is 29.8 Å². The highest BCUT2D eigenvalue weighted by Crippen LogP contribution is 2.42. The van der Waals surface area contributed by atoms with Crippen molar-refractivity contribution in [1.82, 2.24) is 9.88 Å². The van der Waals surface area contributed by atoms with Gasteiger partial charge in [0.05, 0.1) is 18.7 Å². The van der Waals surface area contributed by atoms with Gasteiger partial charge >= 0.3 is 0 Å². The Labute approximate surface area is 191 Å². The van der Waals surface area contributed by atoms with Crippen LogP contribution in [-0.4, -0.2) is 38.9 Å². The number of carbonyl (C=O) groups is 2. The van der Waals surface area contributed by atoms with E-state index in [1.54, 1.807) is 36.7 Å². The monoisotopic (exact) mass is 444 g/mol. The van der Waals surface area contributed by atoms with Crippen LogP contribution in [0.2, 0.25) is 0 Å². The maximum atomic E-state index is 13.2. The number of rotatable bonds is 5. The number of carbonyl (C=O) groups excluding carboxylic acids is 2. The molecule has 1 fully saturated rings. The van der Waals surface area contributed by atoms with Crippen LogP contribution in [0.25, 0.3) is 5.76 Å². The number of ketones is 1. The summed E-state index contributed by atoms with van der Waals surface area (Å²) in [6.45, 7) is 3.84. The maximum absolute atomic E-state index is 13.2. The van der Waals surface area contributed by atoms with Gasteiger partial charge in [0, 0.05) is 24.5 Å². The third-order valence-electron chi connectivity index (χ3n) is 5.78. The fraction of sp³-hybridized carbons (Fsp3) is 0.192. The van der Waals surface area contributed by atoms with Gasteiger partial charge in [0.15, 0.2) is 11.5 Å². The largest absolute Gasteiger partial charge is 0.507 e. The molecule has 1 saturated heterocycles. The highest BCUT2D eigenvalue weighted by Gasteiger charge is 2.46. The third kappa shape index (κ3) is 4.05. The van der Waals surface area contributed by atoms with Gasteiger partial charge in [0.25, 0.3) is 11.7 Å². The number of phenols is 1. The molecule has 168 valence electrons. The minimum atomic E-state index is -0.875. The Kier molecular flexibility index (Phi) is 5.87. The Morgan fingerprint density at radius 3 is 2.61 bits per heavy atom. The standard InChI is InChI=1S/C26H24N2O5/c1-15-6-7-16(2)19(11-15)24(30)22-23(18-8-9-20(29)21(12-18)33-3)28(26(32)25(22)31)14-17-5-4-10-27-13-17/h4-13,23,29-30H,14H2,1-3H3. The number of aliphatic hydroxyl groups is 1. The van der Waals surface area contributed by atoms with E-state index in [4.69, 9.17) is 4.74 Å². The minimum Gasteiger partial charge on any atom is -0.507 e. The molecule has 1 aliphatic heterocycles. The lowest BCUT2D eigenvalue weighted by atomic mass is 9.93. The number of pyridine rings is 1. The number of aryl methyl sites for hydroxylation is 2. The van der Waals surface area contributed by atoms with E-state index in [1.807, 2.05) is 32.0 Å². The van der Waals surface area contributed by atoms with Crippen molar-refractivity contribution in [2.24, 2.45) is 0 Å². The predicted octanol–water partition coefficient (Wildman–Crippen LogP) is 4.03. The zero-order valence-corrected chi connectivity index (χ0v) is 18.6. The van der Waals surface area contributed by atoms with Crippen LogP contribution in [0.5, 0.6) is 11.5 Å². The fourth-order valence-corrected chi connectivity index (χ4v) is 4.08. The number of amides is 1. The topological polar surface area (TPSA) is 100.0 Å². The van der Waals surface area contributed by atoms with Gasteiger partial charge in [-0.25, -0.2) is 0 Å². The lowest BCUT2D eigenvalue weighted by Gasteiger charge is -2.26. The number of hydrogen-bond donors (Lipinski definition) is 2. The number of Topliss-reactive ketones (excluding diaryl/α,β-unsaturated/α-hetero) is 1. The summed E-state index contributed by atoms with van der Waals surface area (Å²) in [7, 11) is 1.42. The van der Waals surface area contributed by atoms with Crippen LogP contribution in [0.4, 0.5) is 0 Å². The smallest absolute Gasteiger partial charge is 0.295 e. The number of likely N-dealkylation sites (tertiary alicyclic amines) is 1. The SMILES string of the molecule is COc1cc(C2C(=C(O)c3cc(C)ccc3C)C(=O)C(=O)N2Cc2cccnc2)ccc1O. The number of benzene rings is 2. The zero-order valence-electron chi connectivity index (χ0n) is 18.6. The summed E-state index contributed by atoms with van der Waals surface area (Å²) in [6.07, 6.45) is 3.25. The summed E-state index contributed by atoms with van der Waals surface area (Å²) in [5, 5.41) is 21.4. The quantitative estimate of drug-likeness (QED) is 0.350. The van der Waals surface area contributed by atoms with Gasteiger partial charge in [-0.2, -0.15) is 0 Å². The molecule has 1 amide bonds. The van der Waals surface area contributed by atoms with E-state index in [0.29, 0.717) is 11.1 Å². The summed E-state index contributed by atoms with van der Waals surface area (Å²) in [4.78, 5) is 31.9. The van der Waals surface area contributed by atoms with Crippen molar-refractivity contribution in [2.75, 3.05) is 7.11 Å². The molecular weight excluding hydrogens is 420 g/mol. The predicted molar refractivity (Wildman–Crippen MR) is 123 cm³/mol. The van der Waals surface area contributed by atoms with Gasteiger partial charge in [-0.15, -0.1) is 0 Å². The Hall–Kier alpha value is -4.13. The summed E-state index contributed by atoms with van der Waals surface area (Å²) in [6, 6.07) is 12.9. The van der Waals surface area contributed by atoms with E-state index in [9.17, 15) is 19.8 Å². The van der Waals surface area contributed by atoms with Crippen molar-refractivity contribution >= 4 is 17.4 Å². The number of phenolic OH excluding ortho intramolecular Hbond substituents is 1. The fourth-order valence-electron chi connectivity index (χ4n) is 4.08. The first kappa shape index (κ1) is 22.1. The molecule has 0 spiro atoms. The van der Waals surface area contributed by atoms with Gasteiger partial charge in [-0.05, 0) is 54.8 Å². The van der Waals surface area contributed by atoms with Gasteiger partial charge in [-0.3, -0.25) is 14.6 Å². The lowest BCUT2D eigenvalue weighted by molar-refractivity contribution is -0.140. The molecule has 1 aliphatic rings. The number of methoxy groups -OCH3 is 1. The first-order valence-electron chi connectivity index (χ1n) is 10.4. The Morgan fingerprint density at radius 2 is 1.91 bits per heavy atom. The Bertz CT molecular complexity index is 1270. The normalized spacial score (nSPS) is 17.4. The molecule has 2 N–H and O–H groups in total. The van der Waals surface area contributed by atoms with Crippen molar-refractivity contribution in [3.8, 4) is 11.5 Å². The van der Waals surface area contributed by atoms with Crippen LogP contribution < -0.4 is 4.74 Å². The molecule has 2 heterocycles. The number of nitrogens with zero attached hydrogens (tertiary/aromatic N) is 2. The first-order valence-corrected chi connectivity index (χ1v) is 10.4. The molecule has 0 aliphatic carbocycles. The molecule has 1 aromatic heterocycles. The summed E-state index contributed by atoms with van der Waals surface area (Å²) in [5.74, 6) is -1.59. The van der Waals surface area contributed by atoms with Crippen molar-refractivity contribution in [1.29, 1.82) is 0 Å². The van der Waals surface area contributed by atoms with E-state index in [-0.39, 0.29) is 29.4 Å². The summed E-state index contributed by atoms with van der Waals surface area (Å²) < 4.78 is 5.24. The van der Waals surface area contributed by atoms with Crippen LogP contribution in [0.1, 0.15) is 33.9 Å². The van der Waals surface area contributed by atoms with Crippen LogP contribution >= 0.6 is 0 Å². The van der Waals surface area contributed by atoms with E-state index >= 15 is 0 Å². The Morgan fingerprint density at radius 1 is 1.12 bits per heavy atom. The van der Waals surface area contributed by atoms with Gasteiger partial charge < -0.3 is 19.8 Å².